The van der Waals surface area contributed by atoms with Crippen molar-refractivity contribution in [2.45, 2.75) is 38.5 Å². The van der Waals surface area contributed by atoms with Gasteiger partial charge in [0.25, 0.3) is 0 Å². The smallest absolute Gasteiger partial charge is 0.224 e. The Kier molecular flexibility index (Phi) is 6.19. The molecular formula is C20H29N5OS. The number of carbonyl (C=O) groups is 1. The molecule has 2 aromatic rings. The molecule has 0 bridgehead atoms. The number of aromatic nitrogens is 2. The number of nitrogens with one attached hydrogen (secondary N) is 1. The first-order valence-electron chi connectivity index (χ1n) is 10.3. The number of fused-ring (bicyclic) bond motifs is 1. The maximum atomic E-state index is 12.6. The fourth-order valence-electron chi connectivity index (χ4n) is 4.10. The van der Waals surface area contributed by atoms with E-state index in [2.05, 4.69) is 20.1 Å². The van der Waals surface area contributed by atoms with Crippen molar-refractivity contribution in [2.75, 3.05) is 44.2 Å². The molecule has 146 valence electrons. The summed E-state index contributed by atoms with van der Waals surface area (Å²) in [6, 6.07) is 3.92. The highest BCUT2D eigenvalue weighted by atomic mass is 32.1. The van der Waals surface area contributed by atoms with Crippen LogP contribution in [0.3, 0.4) is 0 Å². The van der Waals surface area contributed by atoms with Crippen molar-refractivity contribution in [1.29, 1.82) is 0 Å². The molecule has 4 rings (SSSR count). The molecule has 1 atom stereocenters. The molecular weight excluding hydrogens is 358 g/mol. The molecule has 1 N–H and O–H groups in total. The molecule has 0 unspecified atom stereocenters. The number of nitrogens with zero attached hydrogens (tertiary/aromatic N) is 4. The molecule has 0 aromatic carbocycles. The average Bonchev–Trinajstić information content (AvgIpc) is 3.16. The fourth-order valence-corrected chi connectivity index (χ4v) is 5.04. The summed E-state index contributed by atoms with van der Waals surface area (Å²) in [7, 11) is 0. The fraction of sp³-hybridized carbons (Fsp3) is 0.650. The third-order valence-corrected chi connectivity index (χ3v) is 6.66. The van der Waals surface area contributed by atoms with Gasteiger partial charge in [0.15, 0.2) is 5.13 Å². The zero-order valence-electron chi connectivity index (χ0n) is 15.9. The van der Waals surface area contributed by atoms with E-state index < -0.39 is 0 Å². The second-order valence-corrected chi connectivity index (χ2v) is 8.61. The topological polar surface area (TPSA) is 61.4 Å². The molecule has 0 aliphatic carbocycles. The first-order valence-corrected chi connectivity index (χ1v) is 11.1. The predicted molar refractivity (Wildman–Crippen MR) is 110 cm³/mol. The lowest BCUT2D eigenvalue weighted by Crippen LogP contribution is -2.43. The first-order chi connectivity index (χ1) is 13.3. The van der Waals surface area contributed by atoms with Gasteiger partial charge < -0.3 is 15.1 Å². The van der Waals surface area contributed by atoms with Gasteiger partial charge in [0, 0.05) is 25.8 Å². The minimum atomic E-state index is 0.0636. The molecule has 2 aromatic heterocycles. The molecule has 7 heteroatoms. The number of carbonyl (C=O) groups excluding carboxylic acids is 1. The minimum Gasteiger partial charge on any atom is -0.356 e. The number of amides is 1. The molecule has 0 radical (unpaired) electrons. The normalized spacial score (nSPS) is 21.5. The summed E-state index contributed by atoms with van der Waals surface area (Å²) in [5.74, 6) is 0.270. The summed E-state index contributed by atoms with van der Waals surface area (Å²) < 4.78 is 0. The molecule has 2 aliphatic heterocycles. The molecule has 2 fully saturated rings. The Balaban J connectivity index is 1.25. The summed E-state index contributed by atoms with van der Waals surface area (Å²) in [5, 5.41) is 4.16. The average molecular weight is 388 g/mol. The number of anilines is 1. The van der Waals surface area contributed by atoms with E-state index in [0.717, 1.165) is 60.9 Å². The molecule has 4 heterocycles. The number of piperidine rings is 2. The van der Waals surface area contributed by atoms with Crippen LogP contribution in [-0.2, 0) is 4.79 Å². The van der Waals surface area contributed by atoms with Crippen molar-refractivity contribution in [1.82, 2.24) is 20.2 Å². The third-order valence-electron chi connectivity index (χ3n) is 5.62. The van der Waals surface area contributed by atoms with Crippen LogP contribution in [0.25, 0.3) is 10.3 Å². The molecule has 0 spiro atoms. The largest absolute Gasteiger partial charge is 0.356 e. The second-order valence-electron chi connectivity index (χ2n) is 7.66. The van der Waals surface area contributed by atoms with E-state index in [1.54, 1.807) is 17.5 Å². The van der Waals surface area contributed by atoms with E-state index in [1.807, 2.05) is 12.1 Å². The van der Waals surface area contributed by atoms with Crippen molar-refractivity contribution in [3.63, 3.8) is 0 Å². The Labute approximate surface area is 165 Å². The van der Waals surface area contributed by atoms with Crippen LogP contribution in [0.2, 0.25) is 0 Å². The van der Waals surface area contributed by atoms with Crippen molar-refractivity contribution < 1.29 is 4.79 Å². The number of thiazole rings is 1. The lowest BCUT2D eigenvalue weighted by atomic mass is 9.97. The molecule has 6 nitrogen and oxygen atoms in total. The predicted octanol–water partition coefficient (Wildman–Crippen LogP) is 2.90. The van der Waals surface area contributed by atoms with E-state index in [-0.39, 0.29) is 11.8 Å². The van der Waals surface area contributed by atoms with Gasteiger partial charge in [0.05, 0.1) is 5.92 Å². The Morgan fingerprint density at radius 3 is 2.96 bits per heavy atom. The van der Waals surface area contributed by atoms with Gasteiger partial charge in [0.2, 0.25) is 5.91 Å². The maximum Gasteiger partial charge on any atom is 0.224 e. The first kappa shape index (κ1) is 18.6. The molecule has 2 saturated heterocycles. The van der Waals surface area contributed by atoms with E-state index in [0.29, 0.717) is 0 Å². The summed E-state index contributed by atoms with van der Waals surface area (Å²) in [4.78, 5) is 27.5. The number of likely N-dealkylation sites (tertiary alicyclic amines) is 1. The van der Waals surface area contributed by atoms with Gasteiger partial charge in [-0.2, -0.15) is 0 Å². The number of rotatable bonds is 6. The van der Waals surface area contributed by atoms with Crippen LogP contribution >= 0.6 is 11.3 Å². The highest BCUT2D eigenvalue weighted by Crippen LogP contribution is 2.30. The monoisotopic (exact) mass is 387 g/mol. The highest BCUT2D eigenvalue weighted by molar-refractivity contribution is 7.21. The van der Waals surface area contributed by atoms with Crippen molar-refractivity contribution >= 4 is 32.7 Å². The zero-order valence-corrected chi connectivity index (χ0v) is 16.7. The summed E-state index contributed by atoms with van der Waals surface area (Å²) in [5.41, 5.74) is 0.946. The maximum absolute atomic E-state index is 12.6. The van der Waals surface area contributed by atoms with E-state index in [1.165, 1.54) is 32.4 Å². The Bertz CT molecular complexity index is 725. The molecule has 27 heavy (non-hydrogen) atoms. The van der Waals surface area contributed by atoms with Crippen LogP contribution in [-0.4, -0.2) is 60.0 Å². The van der Waals surface area contributed by atoms with Crippen LogP contribution in [0.1, 0.15) is 38.5 Å². The Morgan fingerprint density at radius 1 is 1.22 bits per heavy atom. The van der Waals surface area contributed by atoms with Crippen LogP contribution in [0.5, 0.6) is 0 Å². The van der Waals surface area contributed by atoms with E-state index >= 15 is 0 Å². The molecule has 2 aliphatic rings. The summed E-state index contributed by atoms with van der Waals surface area (Å²) >= 11 is 1.62. The number of hydrogen-bond acceptors (Lipinski definition) is 6. The zero-order chi connectivity index (χ0) is 18.5. The van der Waals surface area contributed by atoms with E-state index in [9.17, 15) is 4.79 Å². The van der Waals surface area contributed by atoms with Gasteiger partial charge in [-0.05, 0) is 63.9 Å². The van der Waals surface area contributed by atoms with Crippen molar-refractivity contribution in [3.8, 4) is 0 Å². The Hall–Kier alpha value is -1.73. The van der Waals surface area contributed by atoms with Gasteiger partial charge in [-0.3, -0.25) is 4.79 Å². The lowest BCUT2D eigenvalue weighted by Gasteiger charge is -2.31. The number of pyridine rings is 1. The van der Waals surface area contributed by atoms with Gasteiger partial charge in [0.1, 0.15) is 10.3 Å². The second kappa shape index (κ2) is 8.97. The summed E-state index contributed by atoms with van der Waals surface area (Å²) in [6.45, 7) is 6.08. The quantitative estimate of drug-likeness (QED) is 0.772. The van der Waals surface area contributed by atoms with Gasteiger partial charge in [-0.15, -0.1) is 0 Å². The third kappa shape index (κ3) is 4.76. The van der Waals surface area contributed by atoms with Gasteiger partial charge in [-0.25, -0.2) is 9.97 Å². The van der Waals surface area contributed by atoms with Crippen LogP contribution in [0.4, 0.5) is 5.13 Å². The van der Waals surface area contributed by atoms with Crippen LogP contribution in [0, 0.1) is 5.92 Å². The van der Waals surface area contributed by atoms with Crippen LogP contribution in [0.15, 0.2) is 18.3 Å². The van der Waals surface area contributed by atoms with Gasteiger partial charge >= 0.3 is 0 Å². The number of hydrogen-bond donors (Lipinski definition) is 1. The van der Waals surface area contributed by atoms with Crippen molar-refractivity contribution in [3.05, 3.63) is 18.3 Å². The van der Waals surface area contributed by atoms with Crippen molar-refractivity contribution in [2.24, 2.45) is 5.92 Å². The standard InChI is InChI=1S/C20H29N5OS/c26-18(21-10-6-13-24-11-2-1-3-12-24)16-7-5-14-25(15-16)20-23-17-8-4-9-22-19(17)27-20/h4,8-9,16H,1-3,5-7,10-15H2,(H,21,26)/t16-/m1/s1. The van der Waals surface area contributed by atoms with Crippen LogP contribution < -0.4 is 10.2 Å². The summed E-state index contributed by atoms with van der Waals surface area (Å²) in [6.07, 6.45) is 8.88. The lowest BCUT2D eigenvalue weighted by molar-refractivity contribution is -0.125. The SMILES string of the molecule is O=C(NCCCN1CCCCC1)[C@@H]1CCCN(c2nc3cccnc3s2)C1. The van der Waals surface area contributed by atoms with Gasteiger partial charge in [-0.1, -0.05) is 17.8 Å². The molecule has 1 amide bonds. The molecule has 0 saturated carbocycles. The Morgan fingerprint density at radius 2 is 2.11 bits per heavy atom. The van der Waals surface area contributed by atoms with E-state index in [4.69, 9.17) is 4.98 Å². The minimum absolute atomic E-state index is 0.0636. The highest BCUT2D eigenvalue weighted by Gasteiger charge is 2.27.